The molecule has 3 rings (SSSR count). The summed E-state index contributed by atoms with van der Waals surface area (Å²) in [4.78, 5) is 5.77. The van der Waals surface area contributed by atoms with Gasteiger partial charge in [0.25, 0.3) is 0 Å². The van der Waals surface area contributed by atoms with Gasteiger partial charge in [0, 0.05) is 30.2 Å². The SMILES string of the molecule is CNCC(Cc1cn2ccsc2n1)c1ccc(C)cc1. The van der Waals surface area contributed by atoms with Gasteiger partial charge in [0.05, 0.1) is 5.69 Å². The number of aromatic nitrogens is 2. The van der Waals surface area contributed by atoms with Crippen LogP contribution in [0, 0.1) is 6.92 Å². The number of likely N-dealkylation sites (N-methyl/N-ethyl adjacent to an activating group) is 1. The van der Waals surface area contributed by atoms with Gasteiger partial charge >= 0.3 is 0 Å². The Balaban J connectivity index is 1.83. The normalized spacial score (nSPS) is 12.9. The summed E-state index contributed by atoms with van der Waals surface area (Å²) in [7, 11) is 2.01. The molecule has 0 amide bonds. The van der Waals surface area contributed by atoms with E-state index in [1.54, 1.807) is 11.3 Å². The topological polar surface area (TPSA) is 29.3 Å². The molecule has 0 radical (unpaired) electrons. The number of hydrogen-bond acceptors (Lipinski definition) is 3. The minimum absolute atomic E-state index is 0.463. The van der Waals surface area contributed by atoms with Crippen molar-refractivity contribution in [3.63, 3.8) is 0 Å². The summed E-state index contributed by atoms with van der Waals surface area (Å²) < 4.78 is 2.10. The van der Waals surface area contributed by atoms with Gasteiger partial charge in [-0.1, -0.05) is 29.8 Å². The molecule has 1 atom stereocenters. The van der Waals surface area contributed by atoms with E-state index in [1.165, 1.54) is 11.1 Å². The minimum atomic E-state index is 0.463. The molecule has 3 aromatic rings. The monoisotopic (exact) mass is 285 g/mol. The molecule has 0 aliphatic carbocycles. The van der Waals surface area contributed by atoms with Crippen LogP contribution in [0.25, 0.3) is 4.96 Å². The van der Waals surface area contributed by atoms with Crippen molar-refractivity contribution in [3.05, 3.63) is 58.9 Å². The molecular weight excluding hydrogens is 266 g/mol. The maximum atomic E-state index is 4.69. The highest BCUT2D eigenvalue weighted by atomic mass is 32.1. The van der Waals surface area contributed by atoms with Gasteiger partial charge in [-0.3, -0.25) is 4.40 Å². The predicted molar refractivity (Wildman–Crippen MR) is 84.6 cm³/mol. The van der Waals surface area contributed by atoms with Crippen LogP contribution in [0.3, 0.4) is 0 Å². The van der Waals surface area contributed by atoms with Gasteiger partial charge < -0.3 is 5.32 Å². The third-order valence-corrected chi connectivity index (χ3v) is 4.37. The second kappa shape index (κ2) is 5.77. The lowest BCUT2D eigenvalue weighted by atomic mass is 9.93. The highest BCUT2D eigenvalue weighted by Gasteiger charge is 2.14. The lowest BCUT2D eigenvalue weighted by molar-refractivity contribution is 0.620. The van der Waals surface area contributed by atoms with Gasteiger partial charge in [-0.05, 0) is 26.0 Å². The van der Waals surface area contributed by atoms with E-state index in [0.29, 0.717) is 5.92 Å². The standard InChI is InChI=1S/C16H19N3S/c1-12-3-5-13(6-4-12)14(10-17-2)9-15-11-19-7-8-20-16(19)18-15/h3-8,11,14,17H,9-10H2,1-2H3. The number of fused-ring (bicyclic) bond motifs is 1. The van der Waals surface area contributed by atoms with Gasteiger partial charge in [0.1, 0.15) is 0 Å². The van der Waals surface area contributed by atoms with Crippen molar-refractivity contribution in [1.29, 1.82) is 0 Å². The Hall–Kier alpha value is -1.65. The molecule has 0 saturated carbocycles. The van der Waals surface area contributed by atoms with Crippen LogP contribution in [0.2, 0.25) is 0 Å². The van der Waals surface area contributed by atoms with Crippen molar-refractivity contribution < 1.29 is 0 Å². The van der Waals surface area contributed by atoms with Crippen LogP contribution in [0.1, 0.15) is 22.7 Å². The van der Waals surface area contributed by atoms with Gasteiger partial charge in [-0.25, -0.2) is 4.98 Å². The lowest BCUT2D eigenvalue weighted by Gasteiger charge is -2.16. The number of nitrogens with zero attached hydrogens (tertiary/aromatic N) is 2. The highest BCUT2D eigenvalue weighted by Crippen LogP contribution is 2.22. The molecule has 1 aromatic carbocycles. The summed E-state index contributed by atoms with van der Waals surface area (Å²) in [6.45, 7) is 3.09. The smallest absolute Gasteiger partial charge is 0.193 e. The fraction of sp³-hybridized carbons (Fsp3) is 0.312. The highest BCUT2D eigenvalue weighted by molar-refractivity contribution is 7.15. The average Bonchev–Trinajstić information content (AvgIpc) is 3.00. The van der Waals surface area contributed by atoms with Crippen molar-refractivity contribution >= 4 is 16.3 Å². The molecule has 104 valence electrons. The Bertz CT molecular complexity index is 653. The van der Waals surface area contributed by atoms with Crippen LogP contribution >= 0.6 is 11.3 Å². The largest absolute Gasteiger partial charge is 0.319 e. The molecule has 4 heteroatoms. The zero-order valence-electron chi connectivity index (χ0n) is 11.8. The van der Waals surface area contributed by atoms with Gasteiger partial charge in [-0.2, -0.15) is 0 Å². The summed E-state index contributed by atoms with van der Waals surface area (Å²) in [6.07, 6.45) is 5.18. The first-order valence-corrected chi connectivity index (χ1v) is 7.76. The summed E-state index contributed by atoms with van der Waals surface area (Å²) in [5.74, 6) is 0.463. The molecule has 0 spiro atoms. The Kier molecular flexibility index (Phi) is 3.85. The number of aryl methyl sites for hydroxylation is 1. The zero-order chi connectivity index (χ0) is 13.9. The number of rotatable bonds is 5. The summed E-state index contributed by atoms with van der Waals surface area (Å²) >= 11 is 1.68. The maximum Gasteiger partial charge on any atom is 0.193 e. The van der Waals surface area contributed by atoms with Crippen molar-refractivity contribution in [1.82, 2.24) is 14.7 Å². The maximum absolute atomic E-state index is 4.69. The lowest BCUT2D eigenvalue weighted by Crippen LogP contribution is -2.19. The van der Waals surface area contributed by atoms with Crippen molar-refractivity contribution in [2.75, 3.05) is 13.6 Å². The van der Waals surface area contributed by atoms with Gasteiger partial charge in [0.15, 0.2) is 4.96 Å². The number of thiazole rings is 1. The van der Waals surface area contributed by atoms with E-state index in [2.05, 4.69) is 58.7 Å². The summed E-state index contributed by atoms with van der Waals surface area (Å²) in [5.41, 5.74) is 3.85. The van der Waals surface area contributed by atoms with Gasteiger partial charge in [0.2, 0.25) is 0 Å². The first kappa shape index (κ1) is 13.3. The van der Waals surface area contributed by atoms with Crippen molar-refractivity contribution in [2.24, 2.45) is 0 Å². The Labute approximate surface area is 123 Å². The second-order valence-electron chi connectivity index (χ2n) is 5.19. The number of imidazole rings is 1. The minimum Gasteiger partial charge on any atom is -0.319 e. The van der Waals surface area contributed by atoms with Crippen LogP contribution in [-0.2, 0) is 6.42 Å². The molecule has 0 saturated heterocycles. The van der Waals surface area contributed by atoms with Crippen molar-refractivity contribution in [2.45, 2.75) is 19.3 Å². The molecule has 0 aliphatic heterocycles. The van der Waals surface area contributed by atoms with E-state index in [0.717, 1.165) is 23.6 Å². The average molecular weight is 285 g/mol. The molecular formula is C16H19N3S. The Morgan fingerprint density at radius 2 is 2.10 bits per heavy atom. The molecule has 2 aromatic heterocycles. The van der Waals surface area contributed by atoms with Crippen LogP contribution < -0.4 is 5.32 Å². The number of benzene rings is 1. The third-order valence-electron chi connectivity index (χ3n) is 3.60. The van der Waals surface area contributed by atoms with E-state index in [4.69, 9.17) is 4.98 Å². The molecule has 20 heavy (non-hydrogen) atoms. The summed E-state index contributed by atoms with van der Waals surface area (Å²) in [6, 6.07) is 8.83. The summed E-state index contributed by atoms with van der Waals surface area (Å²) in [5, 5.41) is 5.36. The van der Waals surface area contributed by atoms with Crippen LogP contribution in [-0.4, -0.2) is 23.0 Å². The van der Waals surface area contributed by atoms with E-state index < -0.39 is 0 Å². The van der Waals surface area contributed by atoms with E-state index in [1.807, 2.05) is 7.05 Å². The quantitative estimate of drug-likeness (QED) is 0.779. The molecule has 3 nitrogen and oxygen atoms in total. The molecule has 0 aliphatic rings. The van der Waals surface area contributed by atoms with E-state index in [9.17, 15) is 0 Å². The Morgan fingerprint density at radius 3 is 2.80 bits per heavy atom. The first-order chi connectivity index (χ1) is 9.76. The Morgan fingerprint density at radius 1 is 1.30 bits per heavy atom. The predicted octanol–water partition coefficient (Wildman–Crippen LogP) is 3.25. The fourth-order valence-corrected chi connectivity index (χ4v) is 3.24. The fourth-order valence-electron chi connectivity index (χ4n) is 2.52. The number of nitrogens with one attached hydrogen (secondary N) is 1. The molecule has 1 N–H and O–H groups in total. The molecule has 2 heterocycles. The third kappa shape index (κ3) is 2.76. The van der Waals surface area contributed by atoms with Crippen LogP contribution in [0.15, 0.2) is 42.0 Å². The van der Waals surface area contributed by atoms with Crippen molar-refractivity contribution in [3.8, 4) is 0 Å². The second-order valence-corrected chi connectivity index (χ2v) is 6.07. The van der Waals surface area contributed by atoms with Crippen LogP contribution in [0.4, 0.5) is 0 Å². The van der Waals surface area contributed by atoms with Gasteiger partial charge in [-0.15, -0.1) is 11.3 Å². The molecule has 1 unspecified atom stereocenters. The van der Waals surface area contributed by atoms with Crippen LogP contribution in [0.5, 0.6) is 0 Å². The van der Waals surface area contributed by atoms with E-state index in [-0.39, 0.29) is 0 Å². The zero-order valence-corrected chi connectivity index (χ0v) is 12.7. The molecule has 0 fully saturated rings. The molecule has 0 bridgehead atoms. The first-order valence-electron chi connectivity index (χ1n) is 6.88. The number of hydrogen-bond donors (Lipinski definition) is 1. The van der Waals surface area contributed by atoms with E-state index >= 15 is 0 Å².